The third kappa shape index (κ3) is 1.04. The van der Waals surface area contributed by atoms with E-state index >= 15 is 0 Å². The molecule has 1 radical (unpaired) electrons. The summed E-state index contributed by atoms with van der Waals surface area (Å²) in [7, 11) is 0. The van der Waals surface area contributed by atoms with Crippen LogP contribution in [-0.4, -0.2) is 0 Å². The second kappa shape index (κ2) is 2.58. The Balaban J connectivity index is 3.34. The van der Waals surface area contributed by atoms with Gasteiger partial charge in [0, 0.05) is 5.56 Å². The van der Waals surface area contributed by atoms with Gasteiger partial charge in [0.1, 0.15) is 0 Å². The molecule has 0 aliphatic rings. The van der Waals surface area contributed by atoms with Gasteiger partial charge in [-0.05, 0) is 25.0 Å². The molecule has 0 saturated heterocycles. The van der Waals surface area contributed by atoms with Crippen molar-refractivity contribution in [2.75, 3.05) is 0 Å². The van der Waals surface area contributed by atoms with Gasteiger partial charge < -0.3 is 0 Å². The van der Waals surface area contributed by atoms with Crippen molar-refractivity contribution in [3.05, 3.63) is 41.8 Å². The lowest BCUT2D eigenvalue weighted by Gasteiger charge is -1.99. The fourth-order valence-electron chi connectivity index (χ4n) is 0.935. The molecule has 0 amide bonds. The molecule has 0 heteroatoms. The monoisotopic (exact) mass is 129 g/mol. The summed E-state index contributed by atoms with van der Waals surface area (Å²) in [6.07, 6.45) is 5.26. The first-order chi connectivity index (χ1) is 4.75. The maximum atomic E-state index is 5.26. The van der Waals surface area contributed by atoms with Gasteiger partial charge in [-0.15, -0.1) is 6.42 Å². The normalized spacial score (nSPS) is 8.90. The summed E-state index contributed by atoms with van der Waals surface area (Å²) in [5.74, 6) is 2.60. The fourth-order valence-corrected chi connectivity index (χ4v) is 0.935. The van der Waals surface area contributed by atoms with Gasteiger partial charge in [-0.3, -0.25) is 0 Å². The van der Waals surface area contributed by atoms with E-state index in [1.165, 1.54) is 0 Å². The molecule has 1 aromatic carbocycles. The van der Waals surface area contributed by atoms with E-state index in [0.717, 1.165) is 16.7 Å². The number of aryl methyl sites for hydroxylation is 1. The maximum absolute atomic E-state index is 5.26. The number of hydrogen-bond acceptors (Lipinski definition) is 0. The summed E-state index contributed by atoms with van der Waals surface area (Å²) in [5, 5.41) is 0. The van der Waals surface area contributed by atoms with E-state index in [-0.39, 0.29) is 0 Å². The lowest BCUT2D eigenvalue weighted by atomic mass is 10.0. The number of terminal acetylenes is 1. The van der Waals surface area contributed by atoms with Crippen LogP contribution < -0.4 is 0 Å². The maximum Gasteiger partial charge on any atom is 0.0303 e. The van der Waals surface area contributed by atoms with E-state index in [9.17, 15) is 0 Å². The van der Waals surface area contributed by atoms with Crippen LogP contribution >= 0.6 is 0 Å². The van der Waals surface area contributed by atoms with Crippen LogP contribution in [0.2, 0.25) is 0 Å². The molecule has 0 atom stereocenters. The minimum atomic E-state index is 0.919. The summed E-state index contributed by atoms with van der Waals surface area (Å²) in [4.78, 5) is 0. The first-order valence-corrected chi connectivity index (χ1v) is 3.14. The van der Waals surface area contributed by atoms with E-state index in [4.69, 9.17) is 6.42 Å². The summed E-state index contributed by atoms with van der Waals surface area (Å²) in [6, 6.07) is 5.87. The van der Waals surface area contributed by atoms with Crippen molar-refractivity contribution in [2.45, 2.75) is 6.92 Å². The SMILES string of the molecule is C#Cc1c([CH2])cccc1C. The zero-order valence-corrected chi connectivity index (χ0v) is 6.02. The van der Waals surface area contributed by atoms with Gasteiger partial charge in [-0.2, -0.15) is 0 Å². The van der Waals surface area contributed by atoms with E-state index in [1.807, 2.05) is 25.1 Å². The summed E-state index contributed by atoms with van der Waals surface area (Å²) >= 11 is 0. The molecule has 0 aromatic heterocycles. The molecule has 0 spiro atoms. The molecule has 0 heterocycles. The lowest BCUT2D eigenvalue weighted by Crippen LogP contribution is -1.84. The minimum Gasteiger partial charge on any atom is -0.115 e. The largest absolute Gasteiger partial charge is 0.115 e. The lowest BCUT2D eigenvalue weighted by molar-refractivity contribution is 1.41. The Kier molecular flexibility index (Phi) is 1.78. The van der Waals surface area contributed by atoms with Crippen LogP contribution in [-0.2, 0) is 0 Å². The Morgan fingerprint density at radius 1 is 1.50 bits per heavy atom. The van der Waals surface area contributed by atoms with Crippen LogP contribution in [0.4, 0.5) is 0 Å². The highest BCUT2D eigenvalue weighted by atomic mass is 14.0. The van der Waals surface area contributed by atoms with Gasteiger partial charge in [0.25, 0.3) is 0 Å². The average Bonchev–Trinajstić information content (AvgIpc) is 1.88. The van der Waals surface area contributed by atoms with Gasteiger partial charge in [0.05, 0.1) is 0 Å². The van der Waals surface area contributed by atoms with Crippen LogP contribution in [0, 0.1) is 26.2 Å². The summed E-state index contributed by atoms with van der Waals surface area (Å²) < 4.78 is 0. The molecule has 0 saturated carbocycles. The second-order valence-corrected chi connectivity index (χ2v) is 2.25. The second-order valence-electron chi connectivity index (χ2n) is 2.25. The highest BCUT2D eigenvalue weighted by Crippen LogP contribution is 2.10. The Morgan fingerprint density at radius 2 is 2.20 bits per heavy atom. The molecular formula is C10H9. The topological polar surface area (TPSA) is 0 Å². The van der Waals surface area contributed by atoms with E-state index in [2.05, 4.69) is 12.8 Å². The first kappa shape index (κ1) is 6.89. The van der Waals surface area contributed by atoms with Crippen LogP contribution in [0.25, 0.3) is 0 Å². The Morgan fingerprint density at radius 3 is 2.60 bits per heavy atom. The predicted molar refractivity (Wildman–Crippen MR) is 43.6 cm³/mol. The van der Waals surface area contributed by atoms with E-state index in [1.54, 1.807) is 0 Å². The zero-order chi connectivity index (χ0) is 7.56. The third-order valence-corrected chi connectivity index (χ3v) is 1.50. The van der Waals surface area contributed by atoms with Crippen molar-refractivity contribution in [1.29, 1.82) is 0 Å². The quantitative estimate of drug-likeness (QED) is 0.471. The molecular weight excluding hydrogens is 120 g/mol. The molecule has 0 bridgehead atoms. The van der Waals surface area contributed by atoms with Crippen molar-refractivity contribution in [3.63, 3.8) is 0 Å². The summed E-state index contributed by atoms with van der Waals surface area (Å²) in [6.45, 7) is 5.80. The van der Waals surface area contributed by atoms with Crippen LogP contribution in [0.1, 0.15) is 16.7 Å². The van der Waals surface area contributed by atoms with Crippen molar-refractivity contribution < 1.29 is 0 Å². The zero-order valence-electron chi connectivity index (χ0n) is 6.02. The molecule has 0 aliphatic carbocycles. The fraction of sp³-hybridized carbons (Fsp3) is 0.100. The molecule has 0 unspecified atom stereocenters. The highest BCUT2D eigenvalue weighted by molar-refractivity contribution is 5.46. The molecule has 0 aliphatic heterocycles. The van der Waals surface area contributed by atoms with Crippen molar-refractivity contribution in [3.8, 4) is 12.3 Å². The predicted octanol–water partition coefficient (Wildman–Crippen LogP) is 2.16. The molecule has 1 rings (SSSR count). The Hall–Kier alpha value is -1.22. The van der Waals surface area contributed by atoms with Crippen LogP contribution in [0.5, 0.6) is 0 Å². The third-order valence-electron chi connectivity index (χ3n) is 1.50. The van der Waals surface area contributed by atoms with Gasteiger partial charge >= 0.3 is 0 Å². The van der Waals surface area contributed by atoms with E-state index in [0.29, 0.717) is 0 Å². The van der Waals surface area contributed by atoms with Crippen molar-refractivity contribution in [1.82, 2.24) is 0 Å². The van der Waals surface area contributed by atoms with Gasteiger partial charge in [0.15, 0.2) is 0 Å². The first-order valence-electron chi connectivity index (χ1n) is 3.14. The van der Waals surface area contributed by atoms with E-state index < -0.39 is 0 Å². The van der Waals surface area contributed by atoms with Crippen LogP contribution in [0.15, 0.2) is 18.2 Å². The average molecular weight is 129 g/mol. The molecule has 0 fully saturated rings. The molecule has 49 valence electrons. The van der Waals surface area contributed by atoms with Crippen LogP contribution in [0.3, 0.4) is 0 Å². The smallest absolute Gasteiger partial charge is 0.0303 e. The van der Waals surface area contributed by atoms with Crippen molar-refractivity contribution >= 4 is 0 Å². The van der Waals surface area contributed by atoms with Gasteiger partial charge in [0.2, 0.25) is 0 Å². The Labute approximate surface area is 61.9 Å². The molecule has 0 nitrogen and oxygen atoms in total. The summed E-state index contributed by atoms with van der Waals surface area (Å²) in [5.41, 5.74) is 2.97. The highest BCUT2D eigenvalue weighted by Gasteiger charge is 1.95. The van der Waals surface area contributed by atoms with Crippen molar-refractivity contribution in [2.24, 2.45) is 0 Å². The standard InChI is InChI=1S/C10H9/c1-4-10-8(2)6-5-7-9(10)3/h1,5-7H,2H2,3H3. The van der Waals surface area contributed by atoms with Gasteiger partial charge in [-0.25, -0.2) is 0 Å². The number of hydrogen-bond donors (Lipinski definition) is 0. The number of benzene rings is 1. The Bertz CT molecular complexity index is 256. The molecule has 1 aromatic rings. The molecule has 0 N–H and O–H groups in total. The number of rotatable bonds is 0. The van der Waals surface area contributed by atoms with Gasteiger partial charge in [-0.1, -0.05) is 24.1 Å². The minimum absolute atomic E-state index is 0.919. The molecule has 10 heavy (non-hydrogen) atoms.